The molecule has 2 aliphatic rings. The van der Waals surface area contributed by atoms with Gasteiger partial charge in [-0.15, -0.1) is 0 Å². The molecule has 2 fully saturated rings. The summed E-state index contributed by atoms with van der Waals surface area (Å²) in [4.78, 5) is 5.10. The quantitative estimate of drug-likeness (QED) is 0.805. The van der Waals surface area contributed by atoms with Gasteiger partial charge >= 0.3 is 0 Å². The summed E-state index contributed by atoms with van der Waals surface area (Å²) >= 11 is 0. The molecule has 2 rings (SSSR count). The summed E-state index contributed by atoms with van der Waals surface area (Å²) in [6, 6.07) is 0. The van der Waals surface area contributed by atoms with Crippen molar-refractivity contribution in [1.82, 2.24) is 9.80 Å². The summed E-state index contributed by atoms with van der Waals surface area (Å²) in [6.07, 6.45) is 3.46. The molecule has 0 aromatic carbocycles. The van der Waals surface area contributed by atoms with E-state index in [4.69, 9.17) is 10.5 Å². The van der Waals surface area contributed by atoms with Crippen molar-refractivity contribution in [2.75, 3.05) is 45.8 Å². The lowest BCUT2D eigenvalue weighted by atomic mass is 9.95. The Labute approximate surface area is 111 Å². The van der Waals surface area contributed by atoms with Crippen LogP contribution in [-0.2, 0) is 4.74 Å². The Morgan fingerprint density at radius 2 is 1.67 bits per heavy atom. The van der Waals surface area contributed by atoms with Crippen LogP contribution in [0.25, 0.3) is 0 Å². The molecule has 2 atom stereocenters. The van der Waals surface area contributed by atoms with Gasteiger partial charge in [-0.3, -0.25) is 4.90 Å². The number of hydrogen-bond donors (Lipinski definition) is 1. The molecule has 2 saturated heterocycles. The first-order valence-corrected chi connectivity index (χ1v) is 7.47. The first-order valence-electron chi connectivity index (χ1n) is 7.47. The molecule has 0 spiro atoms. The van der Waals surface area contributed by atoms with Crippen LogP contribution in [-0.4, -0.2) is 67.8 Å². The van der Waals surface area contributed by atoms with Gasteiger partial charge in [0.1, 0.15) is 0 Å². The van der Waals surface area contributed by atoms with E-state index in [1.54, 1.807) is 0 Å². The molecule has 4 nitrogen and oxygen atoms in total. The third-order valence-corrected chi connectivity index (χ3v) is 4.16. The lowest BCUT2D eigenvalue weighted by Gasteiger charge is -2.39. The minimum atomic E-state index is 0.395. The molecular weight excluding hydrogens is 226 g/mol. The Balaban J connectivity index is 1.71. The van der Waals surface area contributed by atoms with Crippen molar-refractivity contribution in [2.24, 2.45) is 11.7 Å². The Hall–Kier alpha value is -0.160. The summed E-state index contributed by atoms with van der Waals surface area (Å²) in [5, 5.41) is 0. The van der Waals surface area contributed by atoms with Gasteiger partial charge in [0, 0.05) is 32.7 Å². The van der Waals surface area contributed by atoms with Crippen LogP contribution in [0.15, 0.2) is 0 Å². The normalized spacial score (nSPS) is 32.8. The van der Waals surface area contributed by atoms with Gasteiger partial charge in [0.25, 0.3) is 0 Å². The van der Waals surface area contributed by atoms with Crippen LogP contribution in [0, 0.1) is 5.92 Å². The zero-order chi connectivity index (χ0) is 13.0. The Bertz CT molecular complexity index is 231. The summed E-state index contributed by atoms with van der Waals surface area (Å²) < 4.78 is 5.79. The van der Waals surface area contributed by atoms with E-state index in [1.165, 1.54) is 32.5 Å². The van der Waals surface area contributed by atoms with Gasteiger partial charge in [-0.1, -0.05) is 0 Å². The fraction of sp³-hybridized carbons (Fsp3) is 1.00. The van der Waals surface area contributed by atoms with E-state index < -0.39 is 0 Å². The second-order valence-corrected chi connectivity index (χ2v) is 6.05. The molecule has 0 aromatic rings. The second-order valence-electron chi connectivity index (χ2n) is 6.05. The van der Waals surface area contributed by atoms with Gasteiger partial charge in [0.2, 0.25) is 0 Å². The predicted molar refractivity (Wildman–Crippen MR) is 74.7 cm³/mol. The number of morpholine rings is 1. The highest BCUT2D eigenvalue weighted by atomic mass is 16.5. The molecule has 0 saturated carbocycles. The first-order chi connectivity index (χ1) is 8.67. The fourth-order valence-electron chi connectivity index (χ4n) is 3.37. The molecule has 2 heterocycles. The monoisotopic (exact) mass is 255 g/mol. The Morgan fingerprint density at radius 1 is 1.06 bits per heavy atom. The number of piperidine rings is 1. The van der Waals surface area contributed by atoms with Crippen LogP contribution in [0.5, 0.6) is 0 Å². The zero-order valence-electron chi connectivity index (χ0n) is 12.0. The second kappa shape index (κ2) is 6.85. The molecular formula is C14H29N3O. The molecule has 0 aromatic heterocycles. The molecule has 0 radical (unpaired) electrons. The molecule has 2 N–H and O–H groups in total. The Morgan fingerprint density at radius 3 is 2.22 bits per heavy atom. The highest BCUT2D eigenvalue weighted by Gasteiger charge is 2.26. The fourth-order valence-corrected chi connectivity index (χ4v) is 3.37. The van der Waals surface area contributed by atoms with Crippen molar-refractivity contribution in [3.63, 3.8) is 0 Å². The highest BCUT2D eigenvalue weighted by molar-refractivity contribution is 4.79. The average molecular weight is 255 g/mol. The van der Waals surface area contributed by atoms with E-state index in [-0.39, 0.29) is 0 Å². The molecule has 0 aliphatic carbocycles. The number of nitrogens with two attached hydrogens (primary N) is 1. The standard InChI is InChI=1S/C14H29N3O/c1-12-9-17(10-13(2)18-12)11-14-3-6-16(7-4-14)8-5-15/h12-14H,3-11,15H2,1-2H3. The topological polar surface area (TPSA) is 41.7 Å². The van der Waals surface area contributed by atoms with E-state index >= 15 is 0 Å². The third-order valence-electron chi connectivity index (χ3n) is 4.16. The van der Waals surface area contributed by atoms with Crippen molar-refractivity contribution in [3.05, 3.63) is 0 Å². The summed E-state index contributed by atoms with van der Waals surface area (Å²) in [6.45, 7) is 12.2. The lowest BCUT2D eigenvalue weighted by molar-refractivity contribution is -0.0731. The summed E-state index contributed by atoms with van der Waals surface area (Å²) in [7, 11) is 0. The molecule has 4 heteroatoms. The van der Waals surface area contributed by atoms with E-state index in [0.29, 0.717) is 12.2 Å². The molecule has 2 aliphatic heterocycles. The molecule has 0 bridgehead atoms. The molecule has 106 valence electrons. The molecule has 0 amide bonds. The van der Waals surface area contributed by atoms with Crippen molar-refractivity contribution in [3.8, 4) is 0 Å². The van der Waals surface area contributed by atoms with Gasteiger partial charge < -0.3 is 15.4 Å². The van der Waals surface area contributed by atoms with Crippen LogP contribution in [0.3, 0.4) is 0 Å². The Kier molecular flexibility index (Phi) is 5.42. The largest absolute Gasteiger partial charge is 0.373 e. The number of likely N-dealkylation sites (tertiary alicyclic amines) is 1. The van der Waals surface area contributed by atoms with Crippen LogP contribution < -0.4 is 5.73 Å². The maximum absolute atomic E-state index is 5.79. The minimum Gasteiger partial charge on any atom is -0.373 e. The van der Waals surface area contributed by atoms with E-state index in [1.807, 2.05) is 0 Å². The predicted octanol–water partition coefficient (Wildman–Crippen LogP) is 0.766. The van der Waals surface area contributed by atoms with Crippen LogP contribution in [0.1, 0.15) is 26.7 Å². The van der Waals surface area contributed by atoms with Gasteiger partial charge in [0.05, 0.1) is 12.2 Å². The third kappa shape index (κ3) is 4.19. The maximum atomic E-state index is 5.79. The number of hydrogen-bond acceptors (Lipinski definition) is 4. The maximum Gasteiger partial charge on any atom is 0.0678 e. The highest BCUT2D eigenvalue weighted by Crippen LogP contribution is 2.20. The van der Waals surface area contributed by atoms with Gasteiger partial charge in [0.15, 0.2) is 0 Å². The van der Waals surface area contributed by atoms with Crippen LogP contribution in [0.4, 0.5) is 0 Å². The van der Waals surface area contributed by atoms with Gasteiger partial charge in [-0.05, 0) is 45.7 Å². The lowest BCUT2D eigenvalue weighted by Crippen LogP contribution is -2.48. The smallest absolute Gasteiger partial charge is 0.0678 e. The zero-order valence-corrected chi connectivity index (χ0v) is 12.0. The molecule has 18 heavy (non-hydrogen) atoms. The van der Waals surface area contributed by atoms with Gasteiger partial charge in [-0.25, -0.2) is 0 Å². The number of nitrogens with zero attached hydrogens (tertiary/aromatic N) is 2. The van der Waals surface area contributed by atoms with E-state index in [0.717, 1.165) is 32.1 Å². The van der Waals surface area contributed by atoms with Crippen molar-refractivity contribution in [2.45, 2.75) is 38.9 Å². The SMILES string of the molecule is CC1CN(CC2CCN(CCN)CC2)CC(C)O1. The molecule has 2 unspecified atom stereocenters. The van der Waals surface area contributed by atoms with Gasteiger partial charge in [-0.2, -0.15) is 0 Å². The van der Waals surface area contributed by atoms with Crippen LogP contribution in [0.2, 0.25) is 0 Å². The van der Waals surface area contributed by atoms with E-state index in [2.05, 4.69) is 23.6 Å². The van der Waals surface area contributed by atoms with E-state index in [9.17, 15) is 0 Å². The summed E-state index contributed by atoms with van der Waals surface area (Å²) in [5.41, 5.74) is 5.61. The van der Waals surface area contributed by atoms with Crippen molar-refractivity contribution >= 4 is 0 Å². The van der Waals surface area contributed by atoms with Crippen LogP contribution >= 0.6 is 0 Å². The average Bonchev–Trinajstić information content (AvgIpc) is 2.31. The van der Waals surface area contributed by atoms with Crippen molar-refractivity contribution in [1.29, 1.82) is 0 Å². The number of rotatable bonds is 4. The summed E-state index contributed by atoms with van der Waals surface area (Å²) in [5.74, 6) is 0.872. The number of ether oxygens (including phenoxy) is 1. The minimum absolute atomic E-state index is 0.395. The van der Waals surface area contributed by atoms with Crippen molar-refractivity contribution < 1.29 is 4.74 Å². The first kappa shape index (κ1) is 14.3.